The zero-order valence-corrected chi connectivity index (χ0v) is 16.1. The quantitative estimate of drug-likeness (QED) is 0.696. The third-order valence-electron chi connectivity index (χ3n) is 4.56. The van der Waals surface area contributed by atoms with Gasteiger partial charge in [-0.3, -0.25) is 0 Å². The van der Waals surface area contributed by atoms with Crippen LogP contribution in [0.25, 0.3) is 5.57 Å². The fourth-order valence-corrected chi connectivity index (χ4v) is 3.58. The number of likely N-dealkylation sites (N-methyl/N-ethyl adjacent to an activating group) is 1. The van der Waals surface area contributed by atoms with E-state index in [4.69, 9.17) is 4.74 Å². The second-order valence-corrected chi connectivity index (χ2v) is 7.22. The lowest BCUT2D eigenvalue weighted by Gasteiger charge is -2.17. The van der Waals surface area contributed by atoms with Crippen molar-refractivity contribution in [1.29, 1.82) is 0 Å². The van der Waals surface area contributed by atoms with Crippen molar-refractivity contribution < 1.29 is 4.74 Å². The van der Waals surface area contributed by atoms with Gasteiger partial charge in [0.2, 0.25) is 0 Å². The van der Waals surface area contributed by atoms with Gasteiger partial charge in [-0.2, -0.15) is 0 Å². The SMILES string of the molecule is CNC1C=C(c2cc(OC(C)c3ccccc3)cc(SC)c2)C=C1C. The molecule has 0 amide bonds. The first kappa shape index (κ1) is 17.8. The molecule has 25 heavy (non-hydrogen) atoms. The highest BCUT2D eigenvalue weighted by Crippen LogP contribution is 2.33. The van der Waals surface area contributed by atoms with Crippen LogP contribution in [0.4, 0.5) is 0 Å². The zero-order valence-electron chi connectivity index (χ0n) is 15.2. The first-order valence-electron chi connectivity index (χ1n) is 8.59. The summed E-state index contributed by atoms with van der Waals surface area (Å²) < 4.78 is 6.25. The van der Waals surface area contributed by atoms with Gasteiger partial charge in [0.15, 0.2) is 0 Å². The average Bonchev–Trinajstić information content (AvgIpc) is 3.03. The second-order valence-electron chi connectivity index (χ2n) is 6.34. The summed E-state index contributed by atoms with van der Waals surface area (Å²) in [6.45, 7) is 4.26. The summed E-state index contributed by atoms with van der Waals surface area (Å²) >= 11 is 1.74. The Balaban J connectivity index is 1.89. The van der Waals surface area contributed by atoms with Crippen LogP contribution in [0.5, 0.6) is 5.75 Å². The summed E-state index contributed by atoms with van der Waals surface area (Å²) in [4.78, 5) is 1.22. The zero-order chi connectivity index (χ0) is 17.8. The molecule has 0 radical (unpaired) electrons. The lowest BCUT2D eigenvalue weighted by molar-refractivity contribution is 0.226. The molecular formula is C22H25NOS. The number of nitrogens with one attached hydrogen (secondary N) is 1. The number of hydrogen-bond acceptors (Lipinski definition) is 3. The molecule has 2 unspecified atom stereocenters. The Morgan fingerprint density at radius 3 is 2.52 bits per heavy atom. The Hall–Kier alpha value is -1.97. The van der Waals surface area contributed by atoms with Gasteiger partial charge in [-0.15, -0.1) is 11.8 Å². The van der Waals surface area contributed by atoms with Crippen molar-refractivity contribution in [3.8, 4) is 5.75 Å². The molecule has 130 valence electrons. The summed E-state index contributed by atoms with van der Waals surface area (Å²) in [5.41, 5.74) is 4.99. The standard InChI is InChI=1S/C22H25NOS/c1-15-10-18(13-22(15)23-3)19-11-20(14-21(12-19)25-4)24-16(2)17-8-6-5-7-9-17/h5-14,16,22-23H,1-4H3. The van der Waals surface area contributed by atoms with Gasteiger partial charge in [0, 0.05) is 10.9 Å². The maximum Gasteiger partial charge on any atom is 0.121 e. The summed E-state index contributed by atoms with van der Waals surface area (Å²) in [6.07, 6.45) is 6.65. The molecule has 0 bridgehead atoms. The van der Waals surface area contributed by atoms with Crippen LogP contribution < -0.4 is 10.1 Å². The van der Waals surface area contributed by atoms with Crippen molar-refractivity contribution in [3.63, 3.8) is 0 Å². The molecule has 1 N–H and O–H groups in total. The number of allylic oxidation sites excluding steroid dienone is 2. The Kier molecular flexibility index (Phi) is 5.67. The van der Waals surface area contributed by atoms with Crippen LogP contribution in [-0.2, 0) is 0 Å². The van der Waals surface area contributed by atoms with E-state index in [2.05, 4.69) is 67.9 Å². The van der Waals surface area contributed by atoms with E-state index in [0.29, 0.717) is 6.04 Å². The predicted molar refractivity (Wildman–Crippen MR) is 108 cm³/mol. The molecule has 0 fully saturated rings. The Morgan fingerprint density at radius 1 is 1.12 bits per heavy atom. The molecule has 3 heteroatoms. The Labute approximate surface area is 155 Å². The molecule has 3 rings (SSSR count). The highest BCUT2D eigenvalue weighted by molar-refractivity contribution is 7.98. The Morgan fingerprint density at radius 2 is 1.88 bits per heavy atom. The summed E-state index contributed by atoms with van der Waals surface area (Å²) in [5, 5.41) is 3.33. The van der Waals surface area contributed by atoms with E-state index in [9.17, 15) is 0 Å². The molecule has 2 aromatic carbocycles. The van der Waals surface area contributed by atoms with Gasteiger partial charge in [0.25, 0.3) is 0 Å². The third kappa shape index (κ3) is 4.17. The molecular weight excluding hydrogens is 326 g/mol. The minimum absolute atomic E-state index is 0.0195. The number of benzene rings is 2. The summed E-state index contributed by atoms with van der Waals surface area (Å²) in [7, 11) is 2.00. The van der Waals surface area contributed by atoms with Gasteiger partial charge < -0.3 is 10.1 Å². The summed E-state index contributed by atoms with van der Waals surface area (Å²) in [6, 6.07) is 17.2. The van der Waals surface area contributed by atoms with Gasteiger partial charge in [0.1, 0.15) is 11.9 Å². The molecule has 1 aliphatic rings. The largest absolute Gasteiger partial charge is 0.486 e. The van der Waals surface area contributed by atoms with Crippen LogP contribution in [0.2, 0.25) is 0 Å². The van der Waals surface area contributed by atoms with Gasteiger partial charge in [0.05, 0.1) is 0 Å². The first-order valence-corrected chi connectivity index (χ1v) is 9.81. The van der Waals surface area contributed by atoms with Crippen molar-refractivity contribution >= 4 is 17.3 Å². The van der Waals surface area contributed by atoms with Crippen LogP contribution in [0.1, 0.15) is 31.1 Å². The van der Waals surface area contributed by atoms with E-state index in [0.717, 1.165) is 5.75 Å². The molecule has 0 saturated carbocycles. The van der Waals surface area contributed by atoms with Gasteiger partial charge in [-0.1, -0.05) is 48.1 Å². The molecule has 2 nitrogen and oxygen atoms in total. The van der Waals surface area contributed by atoms with Crippen LogP contribution in [0.15, 0.2) is 71.2 Å². The molecule has 2 aromatic rings. The average molecular weight is 352 g/mol. The monoisotopic (exact) mass is 351 g/mol. The topological polar surface area (TPSA) is 21.3 Å². The molecule has 0 saturated heterocycles. The minimum Gasteiger partial charge on any atom is -0.486 e. The van der Waals surface area contributed by atoms with Crippen LogP contribution in [-0.4, -0.2) is 19.3 Å². The van der Waals surface area contributed by atoms with E-state index >= 15 is 0 Å². The first-order chi connectivity index (χ1) is 12.1. The fourth-order valence-electron chi connectivity index (χ4n) is 3.11. The number of thioether (sulfide) groups is 1. The van der Waals surface area contributed by atoms with Crippen molar-refractivity contribution in [2.24, 2.45) is 0 Å². The van der Waals surface area contributed by atoms with Crippen LogP contribution >= 0.6 is 11.8 Å². The third-order valence-corrected chi connectivity index (χ3v) is 5.27. The molecule has 0 aromatic heterocycles. The molecule has 2 atom stereocenters. The highest BCUT2D eigenvalue weighted by Gasteiger charge is 2.16. The number of hydrogen-bond donors (Lipinski definition) is 1. The van der Waals surface area contributed by atoms with Crippen LogP contribution in [0.3, 0.4) is 0 Å². The van der Waals surface area contributed by atoms with Crippen molar-refractivity contribution in [2.75, 3.05) is 13.3 Å². The highest BCUT2D eigenvalue weighted by atomic mass is 32.2. The van der Waals surface area contributed by atoms with Gasteiger partial charge in [-0.05, 0) is 62.1 Å². The predicted octanol–water partition coefficient (Wildman–Crippen LogP) is 5.48. The molecule has 0 aliphatic heterocycles. The van der Waals surface area contributed by atoms with E-state index in [1.165, 1.54) is 27.2 Å². The lowest BCUT2D eigenvalue weighted by Crippen LogP contribution is -2.21. The number of ether oxygens (including phenoxy) is 1. The Bertz CT molecular complexity index is 795. The molecule has 0 heterocycles. The number of rotatable bonds is 6. The van der Waals surface area contributed by atoms with E-state index < -0.39 is 0 Å². The van der Waals surface area contributed by atoms with Gasteiger partial charge in [-0.25, -0.2) is 0 Å². The van der Waals surface area contributed by atoms with Gasteiger partial charge >= 0.3 is 0 Å². The maximum absolute atomic E-state index is 6.25. The fraction of sp³-hybridized carbons (Fsp3) is 0.273. The minimum atomic E-state index is 0.0195. The summed E-state index contributed by atoms with van der Waals surface area (Å²) in [5.74, 6) is 0.915. The van der Waals surface area contributed by atoms with Crippen molar-refractivity contribution in [1.82, 2.24) is 5.32 Å². The maximum atomic E-state index is 6.25. The molecule has 1 aliphatic carbocycles. The van der Waals surface area contributed by atoms with Crippen molar-refractivity contribution in [2.45, 2.75) is 30.9 Å². The smallest absolute Gasteiger partial charge is 0.121 e. The molecule has 0 spiro atoms. The van der Waals surface area contributed by atoms with E-state index in [-0.39, 0.29) is 6.10 Å². The van der Waals surface area contributed by atoms with Crippen LogP contribution in [0, 0.1) is 0 Å². The van der Waals surface area contributed by atoms with E-state index in [1.54, 1.807) is 11.8 Å². The lowest BCUT2D eigenvalue weighted by atomic mass is 10.1. The van der Waals surface area contributed by atoms with Crippen molar-refractivity contribution in [3.05, 3.63) is 77.4 Å². The van der Waals surface area contributed by atoms with E-state index in [1.807, 2.05) is 25.2 Å². The second kappa shape index (κ2) is 7.94. The normalized spacial score (nSPS) is 17.8.